The van der Waals surface area contributed by atoms with E-state index in [-0.39, 0.29) is 6.10 Å². The number of pyridine rings is 1. The zero-order valence-electron chi connectivity index (χ0n) is 10.0. The molecule has 1 N–H and O–H groups in total. The van der Waals surface area contributed by atoms with Crippen molar-refractivity contribution in [3.05, 3.63) is 29.6 Å². The highest BCUT2D eigenvalue weighted by atomic mass is 16.3. The lowest BCUT2D eigenvalue weighted by atomic mass is 9.97. The molecule has 0 bridgehead atoms. The van der Waals surface area contributed by atoms with E-state index < -0.39 is 0 Å². The summed E-state index contributed by atoms with van der Waals surface area (Å²) < 4.78 is 0. The second-order valence-corrected chi connectivity index (χ2v) is 4.80. The van der Waals surface area contributed by atoms with Crippen LogP contribution < -0.4 is 0 Å². The minimum atomic E-state index is -0.113. The number of aliphatic hydroxyl groups excluding tert-OH is 1. The molecule has 2 unspecified atom stereocenters. The van der Waals surface area contributed by atoms with E-state index in [1.807, 2.05) is 12.3 Å². The van der Waals surface area contributed by atoms with E-state index in [1.165, 1.54) is 17.7 Å². The maximum Gasteiger partial charge on any atom is 0.0540 e. The minimum absolute atomic E-state index is 0.113. The number of hydrogen-bond donors (Lipinski definition) is 1. The first kappa shape index (κ1) is 11.6. The molecule has 0 aromatic carbocycles. The maximum absolute atomic E-state index is 9.74. The molecule has 0 aliphatic heterocycles. The smallest absolute Gasteiger partial charge is 0.0540 e. The van der Waals surface area contributed by atoms with Crippen LogP contribution in [-0.4, -0.2) is 16.2 Å². The van der Waals surface area contributed by atoms with Gasteiger partial charge in [0.05, 0.1) is 6.10 Å². The van der Waals surface area contributed by atoms with Gasteiger partial charge in [0.25, 0.3) is 0 Å². The molecule has 2 nitrogen and oxygen atoms in total. The van der Waals surface area contributed by atoms with E-state index >= 15 is 0 Å². The number of rotatable bonds is 5. The number of aryl methyl sites for hydroxylation is 1. The topological polar surface area (TPSA) is 33.1 Å². The van der Waals surface area contributed by atoms with E-state index in [2.05, 4.69) is 18.0 Å². The molecule has 0 saturated carbocycles. The van der Waals surface area contributed by atoms with Crippen molar-refractivity contribution in [1.29, 1.82) is 0 Å². The van der Waals surface area contributed by atoms with Crippen LogP contribution in [0.2, 0.25) is 0 Å². The third-order valence-corrected chi connectivity index (χ3v) is 3.55. The average molecular weight is 219 g/mol. The number of nitrogens with zero attached hydrogens (tertiary/aromatic N) is 1. The Kier molecular flexibility index (Phi) is 3.94. The van der Waals surface area contributed by atoms with Crippen molar-refractivity contribution in [2.45, 2.75) is 57.5 Å². The van der Waals surface area contributed by atoms with E-state index in [0.29, 0.717) is 5.92 Å². The van der Waals surface area contributed by atoms with Crippen molar-refractivity contribution in [3.63, 3.8) is 0 Å². The fourth-order valence-electron chi connectivity index (χ4n) is 2.65. The first-order valence-electron chi connectivity index (χ1n) is 6.43. The summed E-state index contributed by atoms with van der Waals surface area (Å²) in [4.78, 5) is 4.48. The van der Waals surface area contributed by atoms with Gasteiger partial charge in [-0.3, -0.25) is 4.98 Å². The fourth-order valence-corrected chi connectivity index (χ4v) is 2.65. The summed E-state index contributed by atoms with van der Waals surface area (Å²) in [6.45, 7) is 2.12. The minimum Gasteiger partial charge on any atom is -0.393 e. The summed E-state index contributed by atoms with van der Waals surface area (Å²) in [7, 11) is 0. The molecule has 2 heteroatoms. The van der Waals surface area contributed by atoms with Gasteiger partial charge in [0, 0.05) is 17.8 Å². The number of aliphatic hydroxyl groups is 1. The second-order valence-electron chi connectivity index (χ2n) is 4.80. The first-order chi connectivity index (χ1) is 7.81. The van der Waals surface area contributed by atoms with Crippen molar-refractivity contribution in [1.82, 2.24) is 4.98 Å². The third-order valence-electron chi connectivity index (χ3n) is 3.55. The predicted molar refractivity (Wildman–Crippen MR) is 65.4 cm³/mol. The lowest BCUT2D eigenvalue weighted by Gasteiger charge is -2.13. The van der Waals surface area contributed by atoms with Gasteiger partial charge in [-0.15, -0.1) is 0 Å². The fraction of sp³-hybridized carbons (Fsp3) is 0.643. The summed E-state index contributed by atoms with van der Waals surface area (Å²) in [6, 6.07) is 4.21. The van der Waals surface area contributed by atoms with Crippen LogP contribution in [0.4, 0.5) is 0 Å². The van der Waals surface area contributed by atoms with Gasteiger partial charge in [-0.2, -0.15) is 0 Å². The van der Waals surface area contributed by atoms with Crippen molar-refractivity contribution in [3.8, 4) is 0 Å². The molecule has 1 aromatic heterocycles. The van der Waals surface area contributed by atoms with Gasteiger partial charge in [-0.1, -0.05) is 19.4 Å². The molecule has 1 heterocycles. The summed E-state index contributed by atoms with van der Waals surface area (Å²) in [6.07, 6.45) is 8.17. The standard InChI is InChI=1S/C14H21NO/c1-2-4-13(16)9-8-12-7-6-11-5-3-10-15-14(11)12/h3,5,10,12-13,16H,2,4,6-9H2,1H3. The summed E-state index contributed by atoms with van der Waals surface area (Å²) in [5.41, 5.74) is 2.70. The summed E-state index contributed by atoms with van der Waals surface area (Å²) in [5.74, 6) is 0.586. The van der Waals surface area contributed by atoms with Gasteiger partial charge in [-0.05, 0) is 43.7 Å². The highest BCUT2D eigenvalue weighted by Crippen LogP contribution is 2.34. The zero-order valence-corrected chi connectivity index (χ0v) is 10.0. The number of aromatic nitrogens is 1. The van der Waals surface area contributed by atoms with E-state index in [9.17, 15) is 5.11 Å². The molecule has 1 aromatic rings. The molecule has 2 atom stereocenters. The van der Waals surface area contributed by atoms with Crippen molar-refractivity contribution >= 4 is 0 Å². The van der Waals surface area contributed by atoms with Crippen LogP contribution in [0.15, 0.2) is 18.3 Å². The Morgan fingerprint density at radius 2 is 2.38 bits per heavy atom. The Bertz CT molecular complexity index is 337. The molecule has 0 saturated heterocycles. The molecule has 0 spiro atoms. The average Bonchev–Trinajstić information content (AvgIpc) is 2.70. The normalized spacial score (nSPS) is 20.8. The molecule has 0 fully saturated rings. The van der Waals surface area contributed by atoms with Crippen molar-refractivity contribution in [2.75, 3.05) is 0 Å². The molecule has 0 amide bonds. The quantitative estimate of drug-likeness (QED) is 0.825. The van der Waals surface area contributed by atoms with Gasteiger partial charge in [0.15, 0.2) is 0 Å². The molecule has 88 valence electrons. The Morgan fingerprint density at radius 3 is 3.19 bits per heavy atom. The molecule has 16 heavy (non-hydrogen) atoms. The van der Waals surface area contributed by atoms with Crippen LogP contribution in [0.3, 0.4) is 0 Å². The van der Waals surface area contributed by atoms with Gasteiger partial charge >= 0.3 is 0 Å². The molecule has 2 rings (SSSR count). The molecule has 0 radical (unpaired) electrons. The molecular formula is C14H21NO. The molecule has 1 aliphatic rings. The third kappa shape index (κ3) is 2.62. The van der Waals surface area contributed by atoms with Crippen molar-refractivity contribution in [2.24, 2.45) is 0 Å². The summed E-state index contributed by atoms with van der Waals surface area (Å²) in [5, 5.41) is 9.74. The summed E-state index contributed by atoms with van der Waals surface area (Å²) >= 11 is 0. The lowest BCUT2D eigenvalue weighted by molar-refractivity contribution is 0.148. The first-order valence-corrected chi connectivity index (χ1v) is 6.43. The van der Waals surface area contributed by atoms with E-state index in [4.69, 9.17) is 0 Å². The van der Waals surface area contributed by atoms with E-state index in [0.717, 1.165) is 32.1 Å². The van der Waals surface area contributed by atoms with Crippen LogP contribution in [0.25, 0.3) is 0 Å². The second kappa shape index (κ2) is 5.44. The Morgan fingerprint density at radius 1 is 1.50 bits per heavy atom. The Labute approximate surface area is 97.7 Å². The maximum atomic E-state index is 9.74. The van der Waals surface area contributed by atoms with E-state index in [1.54, 1.807) is 0 Å². The van der Waals surface area contributed by atoms with Gasteiger partial charge < -0.3 is 5.11 Å². The highest BCUT2D eigenvalue weighted by molar-refractivity contribution is 5.28. The number of hydrogen-bond acceptors (Lipinski definition) is 2. The SMILES string of the molecule is CCCC(O)CCC1CCc2cccnc21. The Hall–Kier alpha value is -0.890. The van der Waals surface area contributed by atoms with Gasteiger partial charge in [0.1, 0.15) is 0 Å². The van der Waals surface area contributed by atoms with Crippen molar-refractivity contribution < 1.29 is 5.11 Å². The van der Waals surface area contributed by atoms with Gasteiger partial charge in [-0.25, -0.2) is 0 Å². The van der Waals surface area contributed by atoms with Crippen LogP contribution >= 0.6 is 0 Å². The molecular weight excluding hydrogens is 198 g/mol. The lowest BCUT2D eigenvalue weighted by Crippen LogP contribution is -2.08. The van der Waals surface area contributed by atoms with Gasteiger partial charge in [0.2, 0.25) is 0 Å². The van der Waals surface area contributed by atoms with Crippen LogP contribution in [0, 0.1) is 0 Å². The van der Waals surface area contributed by atoms with Crippen LogP contribution in [0.1, 0.15) is 56.2 Å². The predicted octanol–water partition coefficient (Wildman–Crippen LogP) is 3.05. The number of fused-ring (bicyclic) bond motifs is 1. The highest BCUT2D eigenvalue weighted by Gasteiger charge is 2.23. The monoisotopic (exact) mass is 219 g/mol. The van der Waals surface area contributed by atoms with Crippen LogP contribution in [0.5, 0.6) is 0 Å². The largest absolute Gasteiger partial charge is 0.393 e. The molecule has 1 aliphatic carbocycles. The zero-order chi connectivity index (χ0) is 11.4. The van der Waals surface area contributed by atoms with Crippen LogP contribution in [-0.2, 0) is 6.42 Å². The Balaban J connectivity index is 1.88.